The molecule has 0 saturated carbocycles. The van der Waals surface area contributed by atoms with Gasteiger partial charge in [-0.2, -0.15) is 0 Å². The van der Waals surface area contributed by atoms with Gasteiger partial charge in [0.25, 0.3) is 5.56 Å². The molecule has 1 aromatic rings. The van der Waals surface area contributed by atoms with Gasteiger partial charge in [-0.1, -0.05) is 5.11 Å². The van der Waals surface area contributed by atoms with Gasteiger partial charge in [-0.15, -0.1) is 0 Å². The Bertz CT molecular complexity index is 574. The Labute approximate surface area is 102 Å². The molecule has 1 aliphatic heterocycles. The number of rotatable bonds is 3. The van der Waals surface area contributed by atoms with E-state index in [2.05, 4.69) is 20.0 Å². The molecule has 1 unspecified atom stereocenters. The van der Waals surface area contributed by atoms with E-state index in [9.17, 15) is 9.59 Å². The summed E-state index contributed by atoms with van der Waals surface area (Å²) in [5.74, 6) is 0.106. The van der Waals surface area contributed by atoms with E-state index < -0.39 is 0 Å². The van der Waals surface area contributed by atoms with Crippen LogP contribution in [0.4, 0.5) is 5.95 Å². The van der Waals surface area contributed by atoms with Gasteiger partial charge >= 0.3 is 0 Å². The van der Waals surface area contributed by atoms with Gasteiger partial charge in [-0.25, -0.2) is 4.98 Å². The largest absolute Gasteiger partial charge is 0.292 e. The van der Waals surface area contributed by atoms with Gasteiger partial charge < -0.3 is 0 Å². The summed E-state index contributed by atoms with van der Waals surface area (Å²) in [6.07, 6.45) is 0.302. The zero-order valence-electron chi connectivity index (χ0n) is 9.83. The zero-order valence-corrected chi connectivity index (χ0v) is 9.83. The number of hydrogen-bond donors (Lipinski definition) is 1. The van der Waals surface area contributed by atoms with Crippen molar-refractivity contribution in [2.75, 3.05) is 18.0 Å². The number of amides is 1. The molecule has 1 fully saturated rings. The van der Waals surface area contributed by atoms with Crippen molar-refractivity contribution in [2.45, 2.75) is 13.3 Å². The number of H-pyrrole nitrogens is 1. The maximum Gasteiger partial charge on any atom is 0.252 e. The fourth-order valence-corrected chi connectivity index (χ4v) is 1.95. The van der Waals surface area contributed by atoms with Gasteiger partial charge in [-0.3, -0.25) is 19.5 Å². The summed E-state index contributed by atoms with van der Waals surface area (Å²) in [6.45, 7) is 2.37. The maximum atomic E-state index is 11.8. The van der Waals surface area contributed by atoms with Crippen LogP contribution in [-0.2, 0) is 4.79 Å². The highest BCUT2D eigenvalue weighted by atomic mass is 16.2. The van der Waals surface area contributed by atoms with Crippen molar-refractivity contribution in [1.82, 2.24) is 9.97 Å². The molecule has 94 valence electrons. The Kier molecular flexibility index (Phi) is 3.29. The summed E-state index contributed by atoms with van der Waals surface area (Å²) in [5.41, 5.74) is 8.52. The van der Waals surface area contributed by atoms with Crippen LogP contribution in [0, 0.1) is 12.8 Å². The van der Waals surface area contributed by atoms with Crippen molar-refractivity contribution in [1.29, 1.82) is 0 Å². The fourth-order valence-electron chi connectivity index (χ4n) is 1.95. The molecule has 1 saturated heterocycles. The second-order valence-corrected chi connectivity index (χ2v) is 4.20. The molecule has 0 aromatic carbocycles. The van der Waals surface area contributed by atoms with Crippen molar-refractivity contribution in [2.24, 2.45) is 11.0 Å². The predicted molar refractivity (Wildman–Crippen MR) is 64.1 cm³/mol. The molecule has 1 aliphatic rings. The highest BCUT2D eigenvalue weighted by molar-refractivity contribution is 5.94. The quantitative estimate of drug-likeness (QED) is 0.483. The predicted octanol–water partition coefficient (Wildman–Crippen LogP) is 0.742. The van der Waals surface area contributed by atoms with Crippen LogP contribution in [0.25, 0.3) is 10.4 Å². The highest BCUT2D eigenvalue weighted by Gasteiger charge is 2.31. The number of aryl methyl sites for hydroxylation is 1. The number of hydrogen-bond acceptors (Lipinski definition) is 4. The van der Waals surface area contributed by atoms with Crippen LogP contribution >= 0.6 is 0 Å². The first-order valence-electron chi connectivity index (χ1n) is 5.49. The number of aromatic nitrogens is 2. The summed E-state index contributed by atoms with van der Waals surface area (Å²) < 4.78 is 0. The number of carbonyl (C=O) groups excluding carboxylic acids is 1. The van der Waals surface area contributed by atoms with Gasteiger partial charge in [0, 0.05) is 36.2 Å². The Hall–Kier alpha value is -2.34. The van der Waals surface area contributed by atoms with E-state index in [0.29, 0.717) is 18.7 Å². The summed E-state index contributed by atoms with van der Waals surface area (Å²) in [4.78, 5) is 33.9. The van der Waals surface area contributed by atoms with Crippen LogP contribution in [0.1, 0.15) is 12.1 Å². The minimum Gasteiger partial charge on any atom is -0.292 e. The molecule has 8 nitrogen and oxygen atoms in total. The Morgan fingerprint density at radius 3 is 3.11 bits per heavy atom. The lowest BCUT2D eigenvalue weighted by Gasteiger charge is -2.14. The van der Waals surface area contributed by atoms with Crippen molar-refractivity contribution >= 4 is 11.9 Å². The third-order valence-corrected chi connectivity index (χ3v) is 2.72. The van der Waals surface area contributed by atoms with E-state index in [0.717, 1.165) is 0 Å². The van der Waals surface area contributed by atoms with Gasteiger partial charge in [0.1, 0.15) is 0 Å². The molecule has 0 radical (unpaired) electrons. The average Bonchev–Trinajstić information content (AvgIpc) is 2.66. The monoisotopic (exact) mass is 248 g/mol. The van der Waals surface area contributed by atoms with Crippen molar-refractivity contribution < 1.29 is 4.79 Å². The molecule has 1 N–H and O–H groups in total. The van der Waals surface area contributed by atoms with Gasteiger partial charge in [0.15, 0.2) is 0 Å². The third-order valence-electron chi connectivity index (χ3n) is 2.72. The van der Waals surface area contributed by atoms with E-state index in [1.807, 2.05) is 0 Å². The van der Waals surface area contributed by atoms with Crippen LogP contribution in [-0.4, -0.2) is 29.0 Å². The van der Waals surface area contributed by atoms with Crippen LogP contribution in [0.5, 0.6) is 0 Å². The summed E-state index contributed by atoms with van der Waals surface area (Å²) >= 11 is 0. The summed E-state index contributed by atoms with van der Waals surface area (Å²) in [6, 6.07) is 1.36. The normalized spacial score (nSPS) is 18.8. The Morgan fingerprint density at radius 1 is 1.67 bits per heavy atom. The van der Waals surface area contributed by atoms with Gasteiger partial charge in [-0.05, 0) is 18.4 Å². The molecular formula is C10H12N6O2. The number of azide groups is 1. The first kappa shape index (κ1) is 12.1. The molecule has 1 amide bonds. The molecule has 0 aliphatic carbocycles. The number of carbonyl (C=O) groups is 1. The van der Waals surface area contributed by atoms with Crippen molar-refractivity contribution in [3.8, 4) is 0 Å². The molecular weight excluding hydrogens is 236 g/mol. The number of anilines is 1. The van der Waals surface area contributed by atoms with Crippen molar-refractivity contribution in [3.63, 3.8) is 0 Å². The highest BCUT2D eigenvalue weighted by Crippen LogP contribution is 2.21. The second kappa shape index (κ2) is 4.89. The lowest BCUT2D eigenvalue weighted by Crippen LogP contribution is -2.29. The van der Waals surface area contributed by atoms with E-state index in [-0.39, 0.29) is 29.9 Å². The molecule has 0 bridgehead atoms. The summed E-state index contributed by atoms with van der Waals surface area (Å²) in [7, 11) is 0. The number of nitrogens with one attached hydrogen (secondary N) is 1. The smallest absolute Gasteiger partial charge is 0.252 e. The first-order valence-corrected chi connectivity index (χ1v) is 5.49. The van der Waals surface area contributed by atoms with Crippen molar-refractivity contribution in [3.05, 3.63) is 32.6 Å². The standard InChI is InChI=1S/C10H12N6O2/c1-6-2-8(17)14-10(13-6)16-5-7(3-9(16)18)4-12-15-11/h2,7H,3-5H2,1H3,(H,13,14,17). The minimum absolute atomic E-state index is 0.0285. The molecule has 18 heavy (non-hydrogen) atoms. The SMILES string of the molecule is Cc1cc(=O)[nH]c(N2CC(CN=[N+]=[N-])CC2=O)n1. The molecule has 2 heterocycles. The number of nitrogens with zero attached hydrogens (tertiary/aromatic N) is 5. The van der Waals surface area contributed by atoms with Crippen LogP contribution < -0.4 is 10.5 Å². The Balaban J connectivity index is 2.21. The molecule has 1 aromatic heterocycles. The molecule has 1 atom stereocenters. The number of aromatic amines is 1. The maximum absolute atomic E-state index is 11.8. The second-order valence-electron chi connectivity index (χ2n) is 4.20. The minimum atomic E-state index is -0.288. The third kappa shape index (κ3) is 2.49. The van der Waals surface area contributed by atoms with E-state index in [1.165, 1.54) is 11.0 Å². The average molecular weight is 248 g/mol. The van der Waals surface area contributed by atoms with Crippen LogP contribution in [0.2, 0.25) is 0 Å². The van der Waals surface area contributed by atoms with E-state index >= 15 is 0 Å². The van der Waals surface area contributed by atoms with E-state index in [4.69, 9.17) is 5.53 Å². The van der Waals surface area contributed by atoms with Gasteiger partial charge in [0.2, 0.25) is 11.9 Å². The van der Waals surface area contributed by atoms with Crippen LogP contribution in [0.3, 0.4) is 0 Å². The first-order chi connectivity index (χ1) is 8.60. The van der Waals surface area contributed by atoms with E-state index in [1.54, 1.807) is 6.92 Å². The zero-order chi connectivity index (χ0) is 13.1. The molecule has 8 heteroatoms. The lowest BCUT2D eigenvalue weighted by molar-refractivity contribution is -0.117. The Morgan fingerprint density at radius 2 is 2.44 bits per heavy atom. The summed E-state index contributed by atoms with van der Waals surface area (Å²) in [5, 5.41) is 3.46. The fraction of sp³-hybridized carbons (Fsp3) is 0.500. The molecule has 2 rings (SSSR count). The lowest BCUT2D eigenvalue weighted by atomic mass is 10.1. The van der Waals surface area contributed by atoms with Gasteiger partial charge in [0.05, 0.1) is 0 Å². The van der Waals surface area contributed by atoms with Crippen LogP contribution in [0.15, 0.2) is 16.0 Å². The molecule has 0 spiro atoms. The topological polar surface area (TPSA) is 115 Å².